The molecule has 0 unspecified atom stereocenters. The first-order valence-corrected chi connectivity index (χ1v) is 11.4. The Kier molecular flexibility index (Phi) is 5.92. The number of rotatable bonds is 3. The van der Waals surface area contributed by atoms with Crippen molar-refractivity contribution in [3.05, 3.63) is 0 Å². The highest BCUT2D eigenvalue weighted by Gasteiger charge is 2.45. The fourth-order valence-corrected chi connectivity index (χ4v) is 3.85. The van der Waals surface area contributed by atoms with Crippen LogP contribution in [-0.4, -0.2) is 48.6 Å². The maximum atomic E-state index is 12.4. The highest BCUT2D eigenvalue weighted by Crippen LogP contribution is 2.39. The quantitative estimate of drug-likeness (QED) is 0.614. The Balaban J connectivity index is 2.87. The minimum atomic E-state index is -1.91. The molecule has 1 rings (SSSR count). The Labute approximate surface area is 147 Å². The van der Waals surface area contributed by atoms with Crippen molar-refractivity contribution in [2.24, 2.45) is 5.73 Å². The molecule has 0 aromatic rings. The van der Waals surface area contributed by atoms with Crippen molar-refractivity contribution in [2.45, 2.75) is 83.8 Å². The van der Waals surface area contributed by atoms with Crippen LogP contribution >= 0.6 is 12.2 Å². The van der Waals surface area contributed by atoms with Crippen LogP contribution in [0.1, 0.15) is 48.0 Å². The van der Waals surface area contributed by atoms with E-state index in [0.29, 0.717) is 18.0 Å². The third-order valence-electron chi connectivity index (χ3n) is 4.49. The monoisotopic (exact) mass is 360 g/mol. The van der Waals surface area contributed by atoms with E-state index < -0.39 is 13.9 Å². The van der Waals surface area contributed by atoms with Crippen molar-refractivity contribution < 1.29 is 14.0 Å². The molecule has 1 heterocycles. The van der Waals surface area contributed by atoms with Gasteiger partial charge < -0.3 is 14.9 Å². The van der Waals surface area contributed by atoms with Gasteiger partial charge in [-0.25, -0.2) is 4.79 Å². The summed E-state index contributed by atoms with van der Waals surface area (Å²) in [5.74, 6) is 0. The van der Waals surface area contributed by atoms with Crippen LogP contribution < -0.4 is 5.73 Å². The third kappa shape index (κ3) is 5.43. The van der Waals surface area contributed by atoms with Gasteiger partial charge in [0.05, 0.1) is 17.1 Å². The number of thiocarbonyl (C=S) groups is 1. The number of likely N-dealkylation sites (tertiary alicyclic amines) is 1. The zero-order chi connectivity index (χ0) is 18.2. The highest BCUT2D eigenvalue weighted by molar-refractivity contribution is 7.80. The highest BCUT2D eigenvalue weighted by atomic mass is 32.1. The molecule has 0 aromatic carbocycles. The number of carbonyl (C=O) groups excluding carboxylic acids is 1. The summed E-state index contributed by atoms with van der Waals surface area (Å²) < 4.78 is 11.9. The normalized spacial score (nSPS) is 23.0. The van der Waals surface area contributed by atoms with Crippen molar-refractivity contribution in [2.75, 3.05) is 6.54 Å². The van der Waals surface area contributed by atoms with Gasteiger partial charge in [-0.2, -0.15) is 0 Å². The van der Waals surface area contributed by atoms with Crippen LogP contribution in [0.25, 0.3) is 0 Å². The van der Waals surface area contributed by atoms with Crippen molar-refractivity contribution in [3.63, 3.8) is 0 Å². The average molecular weight is 361 g/mol. The van der Waals surface area contributed by atoms with E-state index in [0.717, 1.165) is 0 Å². The zero-order valence-corrected chi connectivity index (χ0v) is 17.5. The largest absolute Gasteiger partial charge is 0.444 e. The Hall–Kier alpha value is -0.663. The summed E-state index contributed by atoms with van der Waals surface area (Å²) >= 11 is 5.14. The van der Waals surface area contributed by atoms with E-state index in [2.05, 4.69) is 33.9 Å². The molecular weight excluding hydrogens is 328 g/mol. The molecule has 0 radical (unpaired) electrons. The third-order valence-corrected chi connectivity index (χ3v) is 9.29. The number of ether oxygens (including phenoxy) is 1. The molecule has 1 saturated heterocycles. The lowest BCUT2D eigenvalue weighted by atomic mass is 10.2. The van der Waals surface area contributed by atoms with E-state index in [4.69, 9.17) is 27.1 Å². The predicted molar refractivity (Wildman–Crippen MR) is 100 cm³/mol. The van der Waals surface area contributed by atoms with Gasteiger partial charge in [-0.1, -0.05) is 33.0 Å². The molecular formula is C16H32N2O3SSi. The smallest absolute Gasteiger partial charge is 0.410 e. The maximum absolute atomic E-state index is 12.4. The summed E-state index contributed by atoms with van der Waals surface area (Å²) in [6.45, 7) is 17.0. The molecule has 1 amide bonds. The zero-order valence-electron chi connectivity index (χ0n) is 15.7. The molecule has 23 heavy (non-hydrogen) atoms. The molecule has 134 valence electrons. The summed E-state index contributed by atoms with van der Waals surface area (Å²) in [5, 5.41) is 0.116. The summed E-state index contributed by atoms with van der Waals surface area (Å²) in [5.41, 5.74) is 5.29. The van der Waals surface area contributed by atoms with Gasteiger partial charge >= 0.3 is 6.09 Å². The molecule has 0 aromatic heterocycles. The summed E-state index contributed by atoms with van der Waals surface area (Å²) in [6, 6.07) is -0.297. The van der Waals surface area contributed by atoms with Crippen LogP contribution in [-0.2, 0) is 9.16 Å². The standard InChI is InChI=1S/C16H32N2O3SSi/c1-15(2,3)20-14(19)18-10-11(9-12(18)13(17)22)21-23(7,8)16(4,5)6/h11-12H,9-10H2,1-8H3,(H2,17,22)/t11-,12+/m1/s1. The van der Waals surface area contributed by atoms with E-state index in [1.807, 2.05) is 20.8 Å². The minimum absolute atomic E-state index is 0.0464. The second kappa shape index (κ2) is 6.68. The second-order valence-corrected chi connectivity index (χ2v) is 14.0. The lowest BCUT2D eigenvalue weighted by Gasteiger charge is -2.38. The van der Waals surface area contributed by atoms with Crippen LogP contribution in [0.5, 0.6) is 0 Å². The predicted octanol–water partition coefficient (Wildman–Crippen LogP) is 3.67. The molecule has 2 atom stereocenters. The average Bonchev–Trinajstić information content (AvgIpc) is 2.68. The van der Waals surface area contributed by atoms with E-state index in [-0.39, 0.29) is 23.3 Å². The van der Waals surface area contributed by atoms with Gasteiger partial charge in [-0.15, -0.1) is 0 Å². The topological polar surface area (TPSA) is 64.8 Å². The lowest BCUT2D eigenvalue weighted by molar-refractivity contribution is 0.0247. The van der Waals surface area contributed by atoms with Gasteiger partial charge in [0.15, 0.2) is 8.32 Å². The van der Waals surface area contributed by atoms with Crippen LogP contribution in [0.4, 0.5) is 4.79 Å². The second-order valence-electron chi connectivity index (χ2n) is 8.79. The Morgan fingerprint density at radius 2 is 1.74 bits per heavy atom. The number of hydrogen-bond donors (Lipinski definition) is 1. The summed E-state index contributed by atoms with van der Waals surface area (Å²) in [7, 11) is -1.91. The van der Waals surface area contributed by atoms with E-state index in [1.54, 1.807) is 4.90 Å². The molecule has 0 aliphatic carbocycles. The first-order valence-electron chi connectivity index (χ1n) is 8.11. The molecule has 2 N–H and O–H groups in total. The first kappa shape index (κ1) is 20.4. The maximum Gasteiger partial charge on any atom is 0.410 e. The van der Waals surface area contributed by atoms with Gasteiger partial charge in [-0.3, -0.25) is 4.90 Å². The molecule has 1 aliphatic rings. The van der Waals surface area contributed by atoms with Gasteiger partial charge in [0, 0.05) is 13.0 Å². The van der Waals surface area contributed by atoms with Crippen molar-refractivity contribution in [1.82, 2.24) is 4.90 Å². The molecule has 1 fully saturated rings. The van der Waals surface area contributed by atoms with E-state index in [9.17, 15) is 4.79 Å². The fourth-order valence-electron chi connectivity index (χ4n) is 2.27. The molecule has 7 heteroatoms. The minimum Gasteiger partial charge on any atom is -0.444 e. The van der Waals surface area contributed by atoms with Crippen LogP contribution in [0.2, 0.25) is 18.1 Å². The Morgan fingerprint density at radius 3 is 2.13 bits per heavy atom. The molecule has 1 aliphatic heterocycles. The van der Waals surface area contributed by atoms with Gasteiger partial charge in [-0.05, 0) is 38.9 Å². The van der Waals surface area contributed by atoms with Crippen LogP contribution in [0.15, 0.2) is 0 Å². The van der Waals surface area contributed by atoms with Gasteiger partial charge in [0.1, 0.15) is 5.60 Å². The van der Waals surface area contributed by atoms with Gasteiger partial charge in [0.2, 0.25) is 0 Å². The first-order chi connectivity index (χ1) is 10.1. The van der Waals surface area contributed by atoms with E-state index in [1.165, 1.54) is 0 Å². The summed E-state index contributed by atoms with van der Waals surface area (Å²) in [6.07, 6.45) is 0.215. The molecule has 0 spiro atoms. The number of carbonyl (C=O) groups is 1. The summed E-state index contributed by atoms with van der Waals surface area (Å²) in [4.78, 5) is 14.4. The SMILES string of the molecule is CC(C)(C)OC(=O)N1C[C@H](O[Si](C)(C)C(C)(C)C)C[C@H]1C(N)=S. The van der Waals surface area contributed by atoms with Crippen molar-refractivity contribution in [1.29, 1.82) is 0 Å². The Bertz CT molecular complexity index is 469. The van der Waals surface area contributed by atoms with Crippen molar-refractivity contribution >= 4 is 31.6 Å². The van der Waals surface area contributed by atoms with Gasteiger partial charge in [0.25, 0.3) is 0 Å². The molecule has 0 bridgehead atoms. The fraction of sp³-hybridized carbons (Fsp3) is 0.875. The molecule has 0 saturated carbocycles. The van der Waals surface area contributed by atoms with Crippen LogP contribution in [0, 0.1) is 0 Å². The number of nitrogens with zero attached hydrogens (tertiary/aromatic N) is 1. The van der Waals surface area contributed by atoms with E-state index >= 15 is 0 Å². The lowest BCUT2D eigenvalue weighted by Crippen LogP contribution is -2.46. The number of nitrogens with two attached hydrogens (primary N) is 1. The number of amides is 1. The Morgan fingerprint density at radius 1 is 1.22 bits per heavy atom. The molecule has 5 nitrogen and oxygen atoms in total. The number of hydrogen-bond acceptors (Lipinski definition) is 4. The van der Waals surface area contributed by atoms with Crippen molar-refractivity contribution in [3.8, 4) is 0 Å². The van der Waals surface area contributed by atoms with Crippen LogP contribution in [0.3, 0.4) is 0 Å².